The summed E-state index contributed by atoms with van der Waals surface area (Å²) in [5, 5.41) is 71.1. The monoisotopic (exact) mass is 1050 g/mol. The fraction of sp³-hybridized carbons (Fsp3) is 0.811. The van der Waals surface area contributed by atoms with Gasteiger partial charge in [0.2, 0.25) is 5.91 Å². The number of aromatic nitrogens is 3. The Morgan fingerprint density at radius 2 is 1.66 bits per heavy atom. The zero-order valence-electron chi connectivity index (χ0n) is 46.4. The number of amides is 1. The van der Waals surface area contributed by atoms with E-state index in [4.69, 9.17) is 33.2 Å². The lowest BCUT2D eigenvalue weighted by molar-refractivity contribution is -0.318. The Hall–Kier alpha value is -3.29. The number of alkyl halides is 1. The SMILES string of the molecule is CC[C@H]1OC(=O)[C@H](C)[C@@H](O[C@H]2C[C@@](C)(OC)[C@@H](O)[C@H](C)O2)[C@H](C)[C@@H](O[C@@H]2O[C@H](C)C[C@H](N(C)CCc3cn([C@H](CF)[C@H](OC)c4ccc(NC(C)=O)cc4)nn3)[C@H]2O)[C@](C)(O)C[C@@H](C)CN(C)[C@H](C)[C@@H](O)[C@]1(C)O. The Kier molecular flexibility index (Phi) is 21.6. The van der Waals surface area contributed by atoms with E-state index < -0.39 is 127 Å². The molecule has 0 unspecified atom stereocenters. The molecule has 1 aromatic carbocycles. The highest BCUT2D eigenvalue weighted by molar-refractivity contribution is 5.88. The third kappa shape index (κ3) is 14.4. The topological polar surface area (TPSA) is 249 Å². The molecule has 0 bridgehead atoms. The number of rotatable bonds is 16. The first-order chi connectivity index (χ1) is 34.6. The van der Waals surface area contributed by atoms with E-state index >= 15 is 0 Å². The fourth-order valence-corrected chi connectivity index (χ4v) is 11.5. The van der Waals surface area contributed by atoms with Crippen LogP contribution in [0.2, 0.25) is 0 Å². The van der Waals surface area contributed by atoms with Gasteiger partial charge in [-0.05, 0) is 105 Å². The third-order valence-electron chi connectivity index (χ3n) is 16.0. The number of ether oxygens (including phenoxy) is 7. The number of aliphatic hydroxyl groups excluding tert-OH is 3. The smallest absolute Gasteiger partial charge is 0.311 e. The van der Waals surface area contributed by atoms with Gasteiger partial charge in [-0.3, -0.25) is 9.59 Å². The summed E-state index contributed by atoms with van der Waals surface area (Å²) in [5.41, 5.74) is -2.74. The molecule has 6 N–H and O–H groups in total. The van der Waals surface area contributed by atoms with Gasteiger partial charge in [0.15, 0.2) is 12.6 Å². The van der Waals surface area contributed by atoms with Gasteiger partial charge in [0, 0.05) is 77.0 Å². The first-order valence-electron chi connectivity index (χ1n) is 26.3. The Labute approximate surface area is 437 Å². The van der Waals surface area contributed by atoms with Crippen LogP contribution in [0.5, 0.6) is 0 Å². The summed E-state index contributed by atoms with van der Waals surface area (Å²) in [4.78, 5) is 29.9. The highest BCUT2D eigenvalue weighted by Gasteiger charge is 2.53. The summed E-state index contributed by atoms with van der Waals surface area (Å²) in [6.07, 6.45) is -8.21. The Balaban J connectivity index is 1.43. The predicted octanol–water partition coefficient (Wildman–Crippen LogP) is 3.96. The minimum Gasteiger partial charge on any atom is -0.459 e. The number of esters is 1. The van der Waals surface area contributed by atoms with Gasteiger partial charge in [-0.15, -0.1) is 5.10 Å². The molecule has 0 saturated carbocycles. The molecular formula is C53H89FN6O14. The van der Waals surface area contributed by atoms with E-state index in [0.29, 0.717) is 42.9 Å². The third-order valence-corrected chi connectivity index (χ3v) is 16.0. The van der Waals surface area contributed by atoms with Crippen molar-refractivity contribution >= 4 is 17.6 Å². The Morgan fingerprint density at radius 1 is 1.00 bits per heavy atom. The summed E-state index contributed by atoms with van der Waals surface area (Å²) in [6.45, 7) is 18.8. The number of hydrogen-bond donors (Lipinski definition) is 6. The lowest BCUT2D eigenvalue weighted by Gasteiger charge is -2.49. The highest BCUT2D eigenvalue weighted by atomic mass is 19.1. The molecule has 0 aliphatic carbocycles. The van der Waals surface area contributed by atoms with Crippen molar-refractivity contribution in [2.45, 2.75) is 211 Å². The molecule has 0 radical (unpaired) electrons. The van der Waals surface area contributed by atoms with Crippen LogP contribution >= 0.6 is 0 Å². The van der Waals surface area contributed by atoms with Gasteiger partial charge in [-0.2, -0.15) is 0 Å². The number of nitrogens with zero attached hydrogens (tertiary/aromatic N) is 5. The summed E-state index contributed by atoms with van der Waals surface area (Å²) in [6, 6.07) is 5.03. The average Bonchev–Trinajstić information content (AvgIpc) is 3.82. The molecule has 21 heteroatoms. The van der Waals surface area contributed by atoms with E-state index in [2.05, 4.69) is 15.6 Å². The highest BCUT2D eigenvalue weighted by Crippen LogP contribution is 2.41. The largest absolute Gasteiger partial charge is 0.459 e. The molecular weight excluding hydrogens is 964 g/mol. The lowest BCUT2D eigenvalue weighted by atomic mass is 9.77. The second kappa shape index (κ2) is 25.9. The van der Waals surface area contributed by atoms with Gasteiger partial charge in [0.1, 0.15) is 48.8 Å². The van der Waals surface area contributed by atoms with Gasteiger partial charge in [-0.1, -0.05) is 38.1 Å². The molecule has 2 aromatic rings. The van der Waals surface area contributed by atoms with Crippen molar-refractivity contribution in [3.8, 4) is 0 Å². The van der Waals surface area contributed by atoms with Crippen molar-refractivity contribution in [3.63, 3.8) is 0 Å². The van der Waals surface area contributed by atoms with Gasteiger partial charge in [0.25, 0.3) is 0 Å². The van der Waals surface area contributed by atoms with Crippen molar-refractivity contribution in [1.82, 2.24) is 24.8 Å². The van der Waals surface area contributed by atoms with Crippen LogP contribution in [0, 0.1) is 17.8 Å². The molecule has 1 aromatic heterocycles. The van der Waals surface area contributed by atoms with E-state index in [-0.39, 0.29) is 31.1 Å². The maximum atomic E-state index is 14.8. The van der Waals surface area contributed by atoms with Crippen LogP contribution in [0.15, 0.2) is 30.5 Å². The summed E-state index contributed by atoms with van der Waals surface area (Å²) in [7, 11) is 6.68. The minimum atomic E-state index is -1.86. The van der Waals surface area contributed by atoms with E-state index in [1.165, 1.54) is 32.7 Å². The number of methoxy groups -OCH3 is 2. The molecule has 3 aliphatic heterocycles. The standard InChI is InChI=1S/C53H89FN6O14/c1-16-41-53(11,67)46(63)33(6)59(13)27-29(2)24-51(9,66)48(31(4)44(32(5)49(65)72-41)73-42-25-52(10,69-15)47(64)34(7)71-42)74-50-43(62)39(23-30(3)70-50)58(12)22-21-38-28-60(57-56-38)40(26-54)45(68-14)36-17-19-37(20-18-36)55-35(8)61/h17-20,28-34,39-48,50,62-64,66-67H,16,21-27H2,1-15H3,(H,55,61)/t29-,30-,31+,32-,33-,34+,39+,40-,41-,42+,43-,44+,45-,46-,47+,48-,50+,51-,52-,53-/m1/s1. The number of likely N-dealkylation sites (N-methyl/N-ethyl adjacent to an activating group) is 2. The van der Waals surface area contributed by atoms with Crippen LogP contribution < -0.4 is 5.32 Å². The Bertz CT molecular complexity index is 2090. The molecule has 20 nitrogen and oxygen atoms in total. The molecule has 74 heavy (non-hydrogen) atoms. The quantitative estimate of drug-likeness (QED) is 0.130. The first-order valence-corrected chi connectivity index (χ1v) is 26.3. The van der Waals surface area contributed by atoms with E-state index in [0.717, 1.165) is 0 Å². The number of carbonyl (C=O) groups is 2. The molecule has 3 aliphatic rings. The van der Waals surface area contributed by atoms with Crippen molar-refractivity contribution in [2.75, 3.05) is 53.4 Å². The summed E-state index contributed by atoms with van der Waals surface area (Å²) < 4.78 is 60.2. The van der Waals surface area contributed by atoms with Gasteiger partial charge >= 0.3 is 5.97 Å². The van der Waals surface area contributed by atoms with Crippen LogP contribution in [0.1, 0.15) is 125 Å². The lowest BCUT2D eigenvalue weighted by Crippen LogP contribution is -2.61. The molecule has 3 saturated heterocycles. The molecule has 3 fully saturated rings. The van der Waals surface area contributed by atoms with Crippen molar-refractivity contribution in [3.05, 3.63) is 41.7 Å². The second-order valence-corrected chi connectivity index (χ2v) is 22.3. The molecule has 1 amide bonds. The van der Waals surface area contributed by atoms with E-state index in [1.807, 2.05) is 37.7 Å². The molecule has 422 valence electrons. The maximum Gasteiger partial charge on any atom is 0.311 e. The average molecular weight is 1050 g/mol. The fourth-order valence-electron chi connectivity index (χ4n) is 11.5. The van der Waals surface area contributed by atoms with Crippen molar-refractivity contribution < 1.29 is 72.7 Å². The van der Waals surface area contributed by atoms with Crippen LogP contribution in [-0.2, 0) is 49.2 Å². The molecule has 4 heterocycles. The maximum absolute atomic E-state index is 14.8. The van der Waals surface area contributed by atoms with Crippen LogP contribution in [0.25, 0.3) is 0 Å². The van der Waals surface area contributed by atoms with E-state index in [9.17, 15) is 39.5 Å². The first kappa shape index (κ1) is 61.6. The van der Waals surface area contributed by atoms with Crippen LogP contribution in [0.4, 0.5) is 10.1 Å². The predicted molar refractivity (Wildman–Crippen MR) is 272 cm³/mol. The van der Waals surface area contributed by atoms with Gasteiger partial charge in [-0.25, -0.2) is 9.07 Å². The summed E-state index contributed by atoms with van der Waals surface area (Å²) in [5.74, 6) is -3.11. The zero-order valence-corrected chi connectivity index (χ0v) is 46.4. The second-order valence-electron chi connectivity index (χ2n) is 22.3. The molecule has 0 spiro atoms. The molecule has 20 atom stereocenters. The number of benzene rings is 1. The minimum absolute atomic E-state index is 0.0779. The van der Waals surface area contributed by atoms with Crippen molar-refractivity contribution in [1.29, 1.82) is 0 Å². The number of halogens is 1. The number of carbonyl (C=O) groups excluding carboxylic acids is 2. The van der Waals surface area contributed by atoms with Gasteiger partial charge in [0.05, 0.1) is 47.2 Å². The number of anilines is 1. The number of nitrogens with one attached hydrogen (secondary N) is 1. The van der Waals surface area contributed by atoms with Crippen molar-refractivity contribution in [2.24, 2.45) is 17.8 Å². The summed E-state index contributed by atoms with van der Waals surface area (Å²) >= 11 is 0. The normalized spacial score (nSPS) is 39.2. The number of aliphatic hydroxyl groups is 5. The Morgan fingerprint density at radius 3 is 2.26 bits per heavy atom. The van der Waals surface area contributed by atoms with Crippen LogP contribution in [-0.4, -0.2) is 201 Å². The van der Waals surface area contributed by atoms with E-state index in [1.54, 1.807) is 78.9 Å². The number of hydrogen-bond acceptors (Lipinski definition) is 18. The van der Waals surface area contributed by atoms with Crippen LogP contribution in [0.3, 0.4) is 0 Å². The molecule has 5 rings (SSSR count). The number of cyclic esters (lactones) is 1. The van der Waals surface area contributed by atoms with Gasteiger partial charge < -0.3 is 73.8 Å². The zero-order chi connectivity index (χ0) is 55.2.